The molecule has 0 aromatic heterocycles. The highest BCUT2D eigenvalue weighted by atomic mass is 32.2. The predicted molar refractivity (Wildman–Crippen MR) is 99.1 cm³/mol. The third-order valence-corrected chi connectivity index (χ3v) is 7.14. The van der Waals surface area contributed by atoms with E-state index in [1.165, 1.54) is 9.87 Å². The molecule has 1 aliphatic carbocycles. The average molecular weight is 371 g/mol. The maximum Gasteiger partial charge on any atom is 0.304 e. The van der Waals surface area contributed by atoms with Crippen LogP contribution in [0.1, 0.15) is 41.9 Å². The second kappa shape index (κ2) is 6.43. The summed E-state index contributed by atoms with van der Waals surface area (Å²) in [5, 5.41) is 9.17. The van der Waals surface area contributed by atoms with Crippen molar-refractivity contribution in [2.75, 3.05) is 10.8 Å². The number of carboxylic acids is 1. The number of fused-ring (bicyclic) bond motifs is 2. The molecule has 0 saturated carbocycles. The van der Waals surface area contributed by atoms with E-state index in [1.807, 2.05) is 18.2 Å². The zero-order valence-corrected chi connectivity index (χ0v) is 15.2. The molecule has 1 aliphatic heterocycles. The van der Waals surface area contributed by atoms with E-state index in [4.69, 9.17) is 0 Å². The van der Waals surface area contributed by atoms with Gasteiger partial charge in [-0.05, 0) is 60.6 Å². The average Bonchev–Trinajstić information content (AvgIpc) is 3.00. The van der Waals surface area contributed by atoms with Gasteiger partial charge in [-0.1, -0.05) is 24.3 Å². The SMILES string of the molecule is O=C(O)C[C@H]1CN(S(=O)(=O)c2ccc3c(c2)CCCC3)c2ccccc21. The van der Waals surface area contributed by atoms with E-state index in [2.05, 4.69) is 0 Å². The lowest BCUT2D eigenvalue weighted by atomic mass is 9.92. The summed E-state index contributed by atoms with van der Waals surface area (Å²) in [7, 11) is -3.71. The molecule has 0 fully saturated rings. The van der Waals surface area contributed by atoms with Crippen LogP contribution in [0.5, 0.6) is 0 Å². The molecule has 0 unspecified atom stereocenters. The second-order valence-electron chi connectivity index (χ2n) is 7.03. The van der Waals surface area contributed by atoms with Crippen LogP contribution in [0.2, 0.25) is 0 Å². The van der Waals surface area contributed by atoms with E-state index >= 15 is 0 Å². The van der Waals surface area contributed by atoms with Gasteiger partial charge in [0.1, 0.15) is 0 Å². The molecule has 1 atom stereocenters. The van der Waals surface area contributed by atoms with E-state index in [0.29, 0.717) is 10.6 Å². The van der Waals surface area contributed by atoms with Gasteiger partial charge in [-0.25, -0.2) is 8.42 Å². The normalized spacial score (nSPS) is 19.1. The summed E-state index contributed by atoms with van der Waals surface area (Å²) in [5.41, 5.74) is 3.74. The summed E-state index contributed by atoms with van der Waals surface area (Å²) in [6, 6.07) is 12.6. The molecule has 2 aromatic carbocycles. The Morgan fingerprint density at radius 2 is 1.81 bits per heavy atom. The van der Waals surface area contributed by atoms with Gasteiger partial charge in [0.15, 0.2) is 0 Å². The first kappa shape index (κ1) is 17.1. The molecule has 1 heterocycles. The van der Waals surface area contributed by atoms with Gasteiger partial charge in [0.25, 0.3) is 10.0 Å². The lowest BCUT2D eigenvalue weighted by Gasteiger charge is -2.22. The molecule has 6 heteroatoms. The fourth-order valence-electron chi connectivity index (χ4n) is 4.07. The fraction of sp³-hybridized carbons (Fsp3) is 0.350. The van der Waals surface area contributed by atoms with Gasteiger partial charge in [0, 0.05) is 12.5 Å². The number of anilines is 1. The van der Waals surface area contributed by atoms with E-state index in [9.17, 15) is 18.3 Å². The summed E-state index contributed by atoms with van der Waals surface area (Å²) >= 11 is 0. The minimum Gasteiger partial charge on any atom is -0.481 e. The quantitative estimate of drug-likeness (QED) is 0.894. The number of rotatable bonds is 4. The van der Waals surface area contributed by atoms with Crippen LogP contribution in [0.25, 0.3) is 0 Å². The Morgan fingerprint density at radius 3 is 2.58 bits per heavy atom. The maximum atomic E-state index is 13.3. The Hall–Kier alpha value is -2.34. The minimum absolute atomic E-state index is 0.0762. The van der Waals surface area contributed by atoms with Crippen molar-refractivity contribution in [3.8, 4) is 0 Å². The first-order valence-corrected chi connectivity index (χ1v) is 10.4. The third-order valence-electron chi connectivity index (χ3n) is 5.36. The number of carboxylic acid groups (broad SMARTS) is 1. The number of para-hydroxylation sites is 1. The monoisotopic (exact) mass is 371 g/mol. The Balaban J connectivity index is 1.73. The second-order valence-corrected chi connectivity index (χ2v) is 8.89. The van der Waals surface area contributed by atoms with Crippen LogP contribution in [0.3, 0.4) is 0 Å². The molecule has 2 aromatic rings. The van der Waals surface area contributed by atoms with E-state index in [0.717, 1.165) is 36.8 Å². The van der Waals surface area contributed by atoms with E-state index in [-0.39, 0.29) is 18.9 Å². The number of hydrogen-bond donors (Lipinski definition) is 1. The molecule has 5 nitrogen and oxygen atoms in total. The Bertz CT molecular complexity index is 968. The van der Waals surface area contributed by atoms with Crippen molar-refractivity contribution < 1.29 is 18.3 Å². The highest BCUT2D eigenvalue weighted by molar-refractivity contribution is 7.92. The number of hydrogen-bond acceptors (Lipinski definition) is 3. The lowest BCUT2D eigenvalue weighted by Crippen LogP contribution is -2.30. The summed E-state index contributed by atoms with van der Waals surface area (Å²) in [4.78, 5) is 11.5. The molecular weight excluding hydrogens is 350 g/mol. The topological polar surface area (TPSA) is 74.7 Å². The summed E-state index contributed by atoms with van der Waals surface area (Å²) < 4.78 is 28.0. The van der Waals surface area contributed by atoms with Crippen LogP contribution in [-0.4, -0.2) is 26.0 Å². The molecule has 0 amide bonds. The maximum absolute atomic E-state index is 13.3. The Labute approximate surface area is 153 Å². The van der Waals surface area contributed by atoms with Crippen molar-refractivity contribution in [2.45, 2.75) is 42.9 Å². The Kier molecular flexibility index (Phi) is 4.23. The van der Waals surface area contributed by atoms with Crippen molar-refractivity contribution in [3.05, 3.63) is 59.2 Å². The van der Waals surface area contributed by atoms with Gasteiger partial charge < -0.3 is 5.11 Å². The van der Waals surface area contributed by atoms with Crippen molar-refractivity contribution in [3.63, 3.8) is 0 Å². The van der Waals surface area contributed by atoms with Gasteiger partial charge in [0.2, 0.25) is 0 Å². The first-order chi connectivity index (χ1) is 12.5. The van der Waals surface area contributed by atoms with E-state index < -0.39 is 16.0 Å². The number of sulfonamides is 1. The van der Waals surface area contributed by atoms with Gasteiger partial charge in [0.05, 0.1) is 17.0 Å². The number of nitrogens with zero attached hydrogens (tertiary/aromatic N) is 1. The van der Waals surface area contributed by atoms with Crippen LogP contribution in [-0.2, 0) is 27.7 Å². The zero-order valence-electron chi connectivity index (χ0n) is 14.4. The van der Waals surface area contributed by atoms with Crippen molar-refractivity contribution >= 4 is 21.7 Å². The fourth-order valence-corrected chi connectivity index (χ4v) is 5.65. The first-order valence-electron chi connectivity index (χ1n) is 8.92. The van der Waals surface area contributed by atoms with Gasteiger partial charge in [-0.3, -0.25) is 9.10 Å². The summed E-state index contributed by atoms with van der Waals surface area (Å²) in [6.45, 7) is 0.172. The predicted octanol–water partition coefficient (Wildman–Crippen LogP) is 3.33. The molecule has 0 spiro atoms. The van der Waals surface area contributed by atoms with Crippen LogP contribution >= 0.6 is 0 Å². The highest BCUT2D eigenvalue weighted by Crippen LogP contribution is 2.41. The molecule has 0 radical (unpaired) electrons. The molecule has 2 aliphatic rings. The number of carbonyl (C=O) groups is 1. The van der Waals surface area contributed by atoms with Crippen molar-refractivity contribution in [1.82, 2.24) is 0 Å². The van der Waals surface area contributed by atoms with Crippen molar-refractivity contribution in [2.24, 2.45) is 0 Å². The molecule has 0 saturated heterocycles. The smallest absolute Gasteiger partial charge is 0.304 e. The van der Waals surface area contributed by atoms with Crippen LogP contribution in [0.15, 0.2) is 47.4 Å². The molecule has 1 N–H and O–H groups in total. The van der Waals surface area contributed by atoms with Crippen molar-refractivity contribution in [1.29, 1.82) is 0 Å². The third kappa shape index (κ3) is 2.88. The van der Waals surface area contributed by atoms with E-state index in [1.54, 1.807) is 24.3 Å². The van der Waals surface area contributed by atoms with Crippen LogP contribution < -0.4 is 4.31 Å². The lowest BCUT2D eigenvalue weighted by molar-refractivity contribution is -0.137. The zero-order chi connectivity index (χ0) is 18.3. The van der Waals surface area contributed by atoms with Crippen LogP contribution in [0.4, 0.5) is 5.69 Å². The molecule has 0 bridgehead atoms. The standard InChI is InChI=1S/C20H21NO4S/c22-20(23)12-16-13-21(19-8-4-3-7-18(16)19)26(24,25)17-10-9-14-5-1-2-6-15(14)11-17/h3-4,7-11,16H,1-2,5-6,12-13H2,(H,22,23)/t16-/m0/s1. The molecule has 26 heavy (non-hydrogen) atoms. The van der Waals surface area contributed by atoms with Crippen LogP contribution in [0, 0.1) is 0 Å². The van der Waals surface area contributed by atoms with Gasteiger partial charge in [-0.15, -0.1) is 0 Å². The van der Waals surface area contributed by atoms with Gasteiger partial charge in [-0.2, -0.15) is 0 Å². The highest BCUT2D eigenvalue weighted by Gasteiger charge is 2.37. The Morgan fingerprint density at radius 1 is 1.08 bits per heavy atom. The largest absolute Gasteiger partial charge is 0.481 e. The number of aliphatic carboxylic acids is 1. The minimum atomic E-state index is -3.71. The molecule has 136 valence electrons. The number of aryl methyl sites for hydroxylation is 2. The summed E-state index contributed by atoms with van der Waals surface area (Å²) in [5.74, 6) is -1.24. The van der Waals surface area contributed by atoms with Gasteiger partial charge >= 0.3 is 5.97 Å². The molecular formula is C20H21NO4S. The number of benzene rings is 2. The molecule has 4 rings (SSSR count). The summed E-state index contributed by atoms with van der Waals surface area (Å²) in [6.07, 6.45) is 4.08.